The molecule has 2 aromatic heterocycles. The van der Waals surface area contributed by atoms with E-state index < -0.39 is 0 Å². The number of aromatic nitrogens is 2. The van der Waals surface area contributed by atoms with Gasteiger partial charge in [-0.2, -0.15) is 5.10 Å². The number of fused-ring (bicyclic) bond motifs is 1. The lowest BCUT2D eigenvalue weighted by Gasteiger charge is -2.15. The fourth-order valence-corrected chi connectivity index (χ4v) is 2.94. The van der Waals surface area contributed by atoms with Gasteiger partial charge in [-0.05, 0) is 24.5 Å². The van der Waals surface area contributed by atoms with Gasteiger partial charge in [0.05, 0.1) is 17.3 Å². The van der Waals surface area contributed by atoms with E-state index in [9.17, 15) is 4.79 Å². The first-order valence-electron chi connectivity index (χ1n) is 6.07. The Bertz CT molecular complexity index is 580. The minimum absolute atomic E-state index is 0.0969. The van der Waals surface area contributed by atoms with Crippen molar-refractivity contribution in [3.63, 3.8) is 0 Å². The van der Waals surface area contributed by atoms with Gasteiger partial charge in [0.2, 0.25) is 0 Å². The van der Waals surface area contributed by atoms with Crippen molar-refractivity contribution in [2.75, 3.05) is 18.4 Å². The molecule has 3 heterocycles. The average molecular weight is 308 g/mol. The smallest absolute Gasteiger partial charge is 0.257 e. The number of amides is 1. The SMILES string of the molecule is O=C(c1cnn2ccccc12)N1CCC(CBr)C1. The van der Waals surface area contributed by atoms with Gasteiger partial charge in [-0.3, -0.25) is 4.79 Å². The van der Waals surface area contributed by atoms with Gasteiger partial charge in [0, 0.05) is 24.6 Å². The Morgan fingerprint density at radius 3 is 3.17 bits per heavy atom. The Morgan fingerprint density at radius 2 is 2.39 bits per heavy atom. The largest absolute Gasteiger partial charge is 0.338 e. The van der Waals surface area contributed by atoms with E-state index in [1.54, 1.807) is 10.7 Å². The van der Waals surface area contributed by atoms with Crippen molar-refractivity contribution in [2.24, 2.45) is 5.92 Å². The zero-order valence-corrected chi connectivity index (χ0v) is 11.5. The van der Waals surface area contributed by atoms with E-state index in [1.807, 2.05) is 29.3 Å². The molecule has 0 saturated carbocycles. The number of alkyl halides is 1. The molecule has 1 aliphatic rings. The highest BCUT2D eigenvalue weighted by atomic mass is 79.9. The number of hydrogen-bond acceptors (Lipinski definition) is 2. The molecule has 1 amide bonds. The van der Waals surface area contributed by atoms with E-state index in [4.69, 9.17) is 0 Å². The molecular formula is C13H14BrN3O. The van der Waals surface area contributed by atoms with Crippen molar-refractivity contribution in [2.45, 2.75) is 6.42 Å². The quantitative estimate of drug-likeness (QED) is 0.798. The van der Waals surface area contributed by atoms with E-state index in [-0.39, 0.29) is 5.91 Å². The fourth-order valence-electron chi connectivity index (χ4n) is 2.41. The maximum atomic E-state index is 12.4. The first kappa shape index (κ1) is 11.7. The summed E-state index contributed by atoms with van der Waals surface area (Å²) in [6, 6.07) is 5.77. The van der Waals surface area contributed by atoms with Crippen LogP contribution in [0.15, 0.2) is 30.6 Å². The van der Waals surface area contributed by atoms with Crippen molar-refractivity contribution >= 4 is 27.4 Å². The second kappa shape index (κ2) is 4.72. The molecule has 0 N–H and O–H groups in total. The van der Waals surface area contributed by atoms with Crippen molar-refractivity contribution in [3.05, 3.63) is 36.2 Å². The number of carbonyl (C=O) groups excluding carboxylic acids is 1. The molecule has 1 aliphatic heterocycles. The summed E-state index contributed by atoms with van der Waals surface area (Å²) in [6.07, 6.45) is 4.60. The second-order valence-corrected chi connectivity index (χ2v) is 5.30. The number of hydrogen-bond donors (Lipinski definition) is 0. The number of nitrogens with zero attached hydrogens (tertiary/aromatic N) is 3. The standard InChI is InChI=1S/C13H14BrN3O/c14-7-10-4-6-16(9-10)13(18)11-8-15-17-5-2-1-3-12(11)17/h1-3,5,8,10H,4,6-7,9H2. The Labute approximate surface area is 114 Å². The van der Waals surface area contributed by atoms with E-state index in [0.29, 0.717) is 11.5 Å². The topological polar surface area (TPSA) is 37.6 Å². The van der Waals surface area contributed by atoms with Crippen LogP contribution in [0.3, 0.4) is 0 Å². The van der Waals surface area contributed by atoms with Crippen LogP contribution < -0.4 is 0 Å². The molecular weight excluding hydrogens is 294 g/mol. The van der Waals surface area contributed by atoms with Crippen molar-refractivity contribution in [1.82, 2.24) is 14.5 Å². The summed E-state index contributed by atoms with van der Waals surface area (Å²) in [5.41, 5.74) is 1.58. The molecule has 5 heteroatoms. The molecule has 0 radical (unpaired) electrons. The van der Waals surface area contributed by atoms with Crippen LogP contribution in [0.25, 0.3) is 5.52 Å². The molecule has 2 aromatic rings. The van der Waals surface area contributed by atoms with Gasteiger partial charge in [0.1, 0.15) is 0 Å². The molecule has 3 rings (SSSR count). The van der Waals surface area contributed by atoms with E-state index in [0.717, 1.165) is 30.4 Å². The fraction of sp³-hybridized carbons (Fsp3) is 0.385. The summed E-state index contributed by atoms with van der Waals surface area (Å²) in [5.74, 6) is 0.676. The van der Waals surface area contributed by atoms with Crippen LogP contribution >= 0.6 is 15.9 Å². The molecule has 1 unspecified atom stereocenters. The summed E-state index contributed by atoms with van der Waals surface area (Å²) in [7, 11) is 0. The highest BCUT2D eigenvalue weighted by Crippen LogP contribution is 2.21. The summed E-state index contributed by atoms with van der Waals surface area (Å²) >= 11 is 3.49. The van der Waals surface area contributed by atoms with Crippen LogP contribution in [0, 0.1) is 5.92 Å². The lowest BCUT2D eigenvalue weighted by Crippen LogP contribution is -2.28. The Morgan fingerprint density at radius 1 is 1.50 bits per heavy atom. The van der Waals surface area contributed by atoms with Crippen LogP contribution in [-0.2, 0) is 0 Å². The third-order valence-corrected chi connectivity index (χ3v) is 4.36. The van der Waals surface area contributed by atoms with Crippen LogP contribution in [0.1, 0.15) is 16.8 Å². The van der Waals surface area contributed by atoms with E-state index in [2.05, 4.69) is 21.0 Å². The highest BCUT2D eigenvalue weighted by molar-refractivity contribution is 9.09. The van der Waals surface area contributed by atoms with Gasteiger partial charge in [0.25, 0.3) is 5.91 Å². The molecule has 0 aliphatic carbocycles. The zero-order chi connectivity index (χ0) is 12.5. The van der Waals surface area contributed by atoms with Crippen molar-refractivity contribution in [1.29, 1.82) is 0 Å². The molecule has 1 saturated heterocycles. The van der Waals surface area contributed by atoms with E-state index >= 15 is 0 Å². The Balaban J connectivity index is 1.89. The number of likely N-dealkylation sites (tertiary alicyclic amines) is 1. The highest BCUT2D eigenvalue weighted by Gasteiger charge is 2.27. The summed E-state index contributed by atoms with van der Waals surface area (Å²) in [5, 5.41) is 5.17. The zero-order valence-electron chi connectivity index (χ0n) is 9.92. The summed E-state index contributed by atoms with van der Waals surface area (Å²) in [6.45, 7) is 1.69. The van der Waals surface area contributed by atoms with Crippen LogP contribution in [-0.4, -0.2) is 38.8 Å². The van der Waals surface area contributed by atoms with Crippen molar-refractivity contribution in [3.8, 4) is 0 Å². The molecule has 0 spiro atoms. The van der Waals surface area contributed by atoms with E-state index in [1.165, 1.54) is 0 Å². The molecule has 18 heavy (non-hydrogen) atoms. The Kier molecular flexibility index (Phi) is 3.07. The third kappa shape index (κ3) is 1.92. The van der Waals surface area contributed by atoms with Gasteiger partial charge in [-0.15, -0.1) is 0 Å². The maximum absolute atomic E-state index is 12.4. The number of rotatable bonds is 2. The minimum Gasteiger partial charge on any atom is -0.338 e. The lowest BCUT2D eigenvalue weighted by atomic mass is 10.2. The molecule has 1 fully saturated rings. The lowest BCUT2D eigenvalue weighted by molar-refractivity contribution is 0.0790. The molecule has 0 bridgehead atoms. The number of halogens is 1. The van der Waals surface area contributed by atoms with Crippen LogP contribution in [0.2, 0.25) is 0 Å². The molecule has 4 nitrogen and oxygen atoms in total. The average Bonchev–Trinajstić information content (AvgIpc) is 3.04. The summed E-state index contributed by atoms with van der Waals surface area (Å²) < 4.78 is 1.74. The first-order chi connectivity index (χ1) is 8.79. The molecule has 94 valence electrons. The van der Waals surface area contributed by atoms with Crippen molar-refractivity contribution < 1.29 is 4.79 Å². The van der Waals surface area contributed by atoms with Crippen LogP contribution in [0.4, 0.5) is 0 Å². The monoisotopic (exact) mass is 307 g/mol. The van der Waals surface area contributed by atoms with Crippen LogP contribution in [0.5, 0.6) is 0 Å². The first-order valence-corrected chi connectivity index (χ1v) is 7.19. The minimum atomic E-state index is 0.0969. The van der Waals surface area contributed by atoms with Gasteiger partial charge in [-0.1, -0.05) is 22.0 Å². The van der Waals surface area contributed by atoms with Gasteiger partial charge in [-0.25, -0.2) is 4.52 Å². The summed E-state index contributed by atoms with van der Waals surface area (Å²) in [4.78, 5) is 14.4. The predicted molar refractivity (Wildman–Crippen MR) is 73.0 cm³/mol. The third-order valence-electron chi connectivity index (χ3n) is 3.45. The predicted octanol–water partition coefficient (Wildman–Crippen LogP) is 2.19. The number of carbonyl (C=O) groups is 1. The van der Waals surface area contributed by atoms with Gasteiger partial charge >= 0.3 is 0 Å². The normalized spacial score (nSPS) is 19.6. The van der Waals surface area contributed by atoms with Gasteiger partial charge in [0.15, 0.2) is 0 Å². The van der Waals surface area contributed by atoms with Gasteiger partial charge < -0.3 is 4.90 Å². The molecule has 0 aromatic carbocycles. The molecule has 1 atom stereocenters. The Hall–Kier alpha value is -1.36. The second-order valence-electron chi connectivity index (χ2n) is 4.65. The maximum Gasteiger partial charge on any atom is 0.257 e. The number of pyridine rings is 1.